The Morgan fingerprint density at radius 3 is 2.74 bits per heavy atom. The predicted octanol–water partition coefficient (Wildman–Crippen LogP) is 3.56. The van der Waals surface area contributed by atoms with E-state index in [-0.39, 0.29) is 11.8 Å². The number of amides is 1. The Morgan fingerprint density at radius 1 is 1.43 bits per heavy atom. The van der Waals surface area contributed by atoms with E-state index in [1.54, 1.807) is 6.07 Å². The summed E-state index contributed by atoms with van der Waals surface area (Å²) in [5.41, 5.74) is 6.97. The van der Waals surface area contributed by atoms with E-state index in [1.807, 2.05) is 36.1 Å². The molecule has 5 heteroatoms. The zero-order valence-corrected chi connectivity index (χ0v) is 14.5. The molecule has 0 aromatic heterocycles. The summed E-state index contributed by atoms with van der Waals surface area (Å²) < 4.78 is 0. The molecule has 1 unspecified atom stereocenters. The van der Waals surface area contributed by atoms with Crippen LogP contribution < -0.4 is 5.73 Å². The third-order valence-corrected chi connectivity index (χ3v) is 4.46. The van der Waals surface area contributed by atoms with Gasteiger partial charge < -0.3 is 10.6 Å². The Bertz CT molecular complexity index is 604. The van der Waals surface area contributed by atoms with Gasteiger partial charge in [0, 0.05) is 23.7 Å². The molecule has 1 atom stereocenters. The van der Waals surface area contributed by atoms with Gasteiger partial charge in [0.25, 0.3) is 0 Å². The number of nitrogens with zero attached hydrogens (tertiary/aromatic N) is 2. The minimum atomic E-state index is -0.249. The monoisotopic (exact) mass is 333 g/mol. The lowest BCUT2D eigenvalue weighted by Crippen LogP contribution is -2.40. The van der Waals surface area contributed by atoms with Gasteiger partial charge in [-0.25, -0.2) is 4.99 Å². The summed E-state index contributed by atoms with van der Waals surface area (Å²) >= 11 is 6.04. The third-order valence-electron chi connectivity index (χ3n) is 4.23. The van der Waals surface area contributed by atoms with Gasteiger partial charge in [-0.15, -0.1) is 0 Å². The van der Waals surface area contributed by atoms with Crippen molar-refractivity contribution in [1.29, 1.82) is 0 Å². The fourth-order valence-corrected chi connectivity index (χ4v) is 2.96. The zero-order valence-electron chi connectivity index (χ0n) is 13.7. The number of halogens is 1. The summed E-state index contributed by atoms with van der Waals surface area (Å²) in [6.45, 7) is 5.81. The molecule has 1 aromatic rings. The fourth-order valence-electron chi connectivity index (χ4n) is 2.77. The van der Waals surface area contributed by atoms with Crippen LogP contribution >= 0.6 is 11.6 Å². The molecule has 124 valence electrons. The minimum absolute atomic E-state index is 0.142. The van der Waals surface area contributed by atoms with Crippen molar-refractivity contribution in [3.8, 4) is 0 Å². The smallest absolute Gasteiger partial charge is 0.229 e. The van der Waals surface area contributed by atoms with E-state index in [0.717, 1.165) is 31.5 Å². The molecule has 0 radical (unpaired) electrons. The van der Waals surface area contributed by atoms with Gasteiger partial charge in [-0.2, -0.15) is 0 Å². The number of benzene rings is 1. The highest BCUT2D eigenvalue weighted by atomic mass is 35.5. The second-order valence-electron chi connectivity index (χ2n) is 6.14. The predicted molar refractivity (Wildman–Crippen MR) is 96.3 cm³/mol. The molecule has 1 aliphatic heterocycles. The second kappa shape index (κ2) is 8.16. The molecular weight excluding hydrogens is 310 g/mol. The van der Waals surface area contributed by atoms with Gasteiger partial charge in [-0.05, 0) is 37.0 Å². The molecule has 1 heterocycles. The van der Waals surface area contributed by atoms with Gasteiger partial charge in [-0.1, -0.05) is 37.6 Å². The molecule has 1 aromatic carbocycles. The molecule has 0 bridgehead atoms. The van der Waals surface area contributed by atoms with Crippen LogP contribution in [0, 0.1) is 11.8 Å². The zero-order chi connectivity index (χ0) is 16.8. The first kappa shape index (κ1) is 17.5. The second-order valence-corrected chi connectivity index (χ2v) is 6.57. The van der Waals surface area contributed by atoms with Crippen LogP contribution in [0.25, 0.3) is 5.70 Å². The van der Waals surface area contributed by atoms with Crippen molar-refractivity contribution in [3.63, 3.8) is 0 Å². The fraction of sp³-hybridized carbons (Fsp3) is 0.444. The summed E-state index contributed by atoms with van der Waals surface area (Å²) in [4.78, 5) is 18.8. The topological polar surface area (TPSA) is 58.7 Å². The molecule has 4 nitrogen and oxygen atoms in total. The number of likely N-dealkylation sites (tertiary alicyclic amines) is 1. The molecule has 23 heavy (non-hydrogen) atoms. The van der Waals surface area contributed by atoms with Crippen LogP contribution in [0.1, 0.15) is 32.3 Å². The van der Waals surface area contributed by atoms with Gasteiger partial charge in [0.05, 0.1) is 18.0 Å². The summed E-state index contributed by atoms with van der Waals surface area (Å²) in [5.74, 6) is 0.596. The van der Waals surface area contributed by atoms with Crippen LogP contribution in [-0.2, 0) is 4.79 Å². The number of carbonyl (C=O) groups excluding carboxylic acids is 1. The van der Waals surface area contributed by atoms with Crippen molar-refractivity contribution >= 4 is 29.5 Å². The Kier molecular flexibility index (Phi) is 6.22. The highest BCUT2D eigenvalue weighted by Crippen LogP contribution is 2.23. The van der Waals surface area contributed by atoms with E-state index >= 15 is 0 Å². The number of aliphatic imine (C=N–C) groups is 1. The number of carbonyl (C=O) groups is 1. The highest BCUT2D eigenvalue weighted by Gasteiger charge is 2.23. The van der Waals surface area contributed by atoms with Crippen molar-refractivity contribution in [2.24, 2.45) is 22.6 Å². The van der Waals surface area contributed by atoms with Gasteiger partial charge in [0.15, 0.2) is 0 Å². The molecule has 1 saturated heterocycles. The Labute approximate surface area is 143 Å². The molecule has 1 fully saturated rings. The SMILES string of the molecule is CC1CCN(C(=O)C(C)/C=C(\N=CN)c2cccc(Cl)c2)CC1. The third kappa shape index (κ3) is 4.83. The van der Waals surface area contributed by atoms with E-state index in [4.69, 9.17) is 17.3 Å². The average molecular weight is 334 g/mol. The van der Waals surface area contributed by atoms with E-state index in [1.165, 1.54) is 6.34 Å². The van der Waals surface area contributed by atoms with E-state index in [9.17, 15) is 4.79 Å². The molecule has 0 saturated carbocycles. The number of piperidine rings is 1. The van der Waals surface area contributed by atoms with E-state index in [2.05, 4.69) is 11.9 Å². The van der Waals surface area contributed by atoms with Crippen LogP contribution in [0.5, 0.6) is 0 Å². The molecule has 2 rings (SSSR count). The average Bonchev–Trinajstić information content (AvgIpc) is 2.54. The summed E-state index contributed by atoms with van der Waals surface area (Å²) in [5, 5.41) is 0.629. The van der Waals surface area contributed by atoms with Crippen LogP contribution in [0.3, 0.4) is 0 Å². The number of nitrogens with two attached hydrogens (primary N) is 1. The van der Waals surface area contributed by atoms with Crippen molar-refractivity contribution in [3.05, 3.63) is 40.9 Å². The summed E-state index contributed by atoms with van der Waals surface area (Å²) in [6.07, 6.45) is 5.25. The van der Waals surface area contributed by atoms with E-state index < -0.39 is 0 Å². The van der Waals surface area contributed by atoms with Crippen LogP contribution in [0.2, 0.25) is 5.02 Å². The first-order valence-electron chi connectivity index (χ1n) is 8.02. The number of rotatable bonds is 4. The largest absolute Gasteiger partial charge is 0.390 e. The minimum Gasteiger partial charge on any atom is -0.390 e. The first-order chi connectivity index (χ1) is 11.0. The molecular formula is C18H24ClN3O. The Balaban J connectivity index is 2.16. The Hall–Kier alpha value is -1.81. The maximum absolute atomic E-state index is 12.6. The molecule has 0 aliphatic carbocycles. The van der Waals surface area contributed by atoms with Crippen molar-refractivity contribution in [1.82, 2.24) is 4.90 Å². The normalized spacial score (nSPS) is 18.4. The van der Waals surface area contributed by atoms with Crippen molar-refractivity contribution in [2.75, 3.05) is 13.1 Å². The lowest BCUT2D eigenvalue weighted by atomic mass is 9.97. The molecule has 0 spiro atoms. The Morgan fingerprint density at radius 2 is 2.13 bits per heavy atom. The molecule has 2 N–H and O–H groups in total. The molecule has 1 aliphatic rings. The maximum Gasteiger partial charge on any atom is 0.229 e. The maximum atomic E-state index is 12.6. The van der Waals surface area contributed by atoms with Crippen LogP contribution in [0.4, 0.5) is 0 Å². The van der Waals surface area contributed by atoms with E-state index in [0.29, 0.717) is 16.6 Å². The van der Waals surface area contributed by atoms with Crippen LogP contribution in [0.15, 0.2) is 35.3 Å². The lowest BCUT2D eigenvalue weighted by molar-refractivity contribution is -0.134. The summed E-state index contributed by atoms with van der Waals surface area (Å²) in [7, 11) is 0. The molecule has 1 amide bonds. The van der Waals surface area contributed by atoms with Gasteiger partial charge in [0.1, 0.15) is 0 Å². The highest BCUT2D eigenvalue weighted by molar-refractivity contribution is 6.30. The van der Waals surface area contributed by atoms with Crippen LogP contribution in [-0.4, -0.2) is 30.2 Å². The van der Waals surface area contributed by atoms with Gasteiger partial charge in [-0.3, -0.25) is 4.79 Å². The lowest BCUT2D eigenvalue weighted by Gasteiger charge is -2.31. The number of hydrogen-bond acceptors (Lipinski definition) is 2. The quantitative estimate of drug-likeness (QED) is 0.676. The van der Waals surface area contributed by atoms with Crippen molar-refractivity contribution < 1.29 is 4.79 Å². The van der Waals surface area contributed by atoms with Crippen molar-refractivity contribution in [2.45, 2.75) is 26.7 Å². The standard InChI is InChI=1S/C18H24ClN3O/c1-13-6-8-22(9-7-13)18(23)14(2)10-17(21-12-20)15-4-3-5-16(19)11-15/h3-5,10-14H,6-9H2,1-2H3,(H2,20,21)/b17-10-. The number of hydrogen-bond donors (Lipinski definition) is 1. The summed E-state index contributed by atoms with van der Waals surface area (Å²) in [6, 6.07) is 7.39. The van der Waals surface area contributed by atoms with Gasteiger partial charge >= 0.3 is 0 Å². The van der Waals surface area contributed by atoms with Gasteiger partial charge in [0.2, 0.25) is 5.91 Å². The first-order valence-corrected chi connectivity index (χ1v) is 8.40.